The van der Waals surface area contributed by atoms with E-state index >= 15 is 0 Å². The van der Waals surface area contributed by atoms with Crippen LogP contribution in [0.25, 0.3) is 28.1 Å². The van der Waals surface area contributed by atoms with Gasteiger partial charge < -0.3 is 19.5 Å². The number of methoxy groups -OCH3 is 1. The van der Waals surface area contributed by atoms with Crippen molar-refractivity contribution in [3.63, 3.8) is 0 Å². The van der Waals surface area contributed by atoms with Crippen LogP contribution in [-0.2, 0) is 9.47 Å². The van der Waals surface area contributed by atoms with Crippen molar-refractivity contribution in [1.29, 1.82) is 0 Å². The summed E-state index contributed by atoms with van der Waals surface area (Å²) in [5.41, 5.74) is 0.714. The summed E-state index contributed by atoms with van der Waals surface area (Å²) >= 11 is 0. The molecule has 4 heterocycles. The maximum atomic E-state index is 14.6. The van der Waals surface area contributed by atoms with Crippen LogP contribution >= 0.6 is 0 Å². The zero-order valence-corrected chi connectivity index (χ0v) is 24.7. The molecule has 0 saturated carbocycles. The lowest BCUT2D eigenvalue weighted by molar-refractivity contribution is -0.184. The molecule has 3 atom stereocenters. The van der Waals surface area contributed by atoms with Gasteiger partial charge in [0.1, 0.15) is 34.7 Å². The number of halogens is 3. The van der Waals surface area contributed by atoms with Crippen LogP contribution in [-0.4, -0.2) is 81.3 Å². The van der Waals surface area contributed by atoms with E-state index in [0.29, 0.717) is 41.5 Å². The Balaban J connectivity index is 1.45. The third kappa shape index (κ3) is 6.99. The Kier molecular flexibility index (Phi) is 8.48. The predicted molar refractivity (Wildman–Crippen MR) is 154 cm³/mol. The molecule has 1 amide bonds. The number of nitrogens with zero attached hydrogens (tertiary/aromatic N) is 5. The van der Waals surface area contributed by atoms with Crippen LogP contribution < -0.4 is 10.1 Å². The number of para-hydroxylation sites is 1. The minimum atomic E-state index is -4.57. The van der Waals surface area contributed by atoms with Crippen molar-refractivity contribution in [3.05, 3.63) is 54.2 Å². The number of carbonyl (C=O) groups is 1. The molecule has 3 aromatic heterocycles. The standard InChI is InChI=1S/C30H35F3N6O4/c1-18(17-41-5)42-23-8-6-7-19-9-11-22(35-25(19)23)27-37-36-24-12-10-20(15-39(24)27)26(30(31,32)33)38-14-13-21(16-38)34-28(40)43-29(2,3)4/h6-12,15,18,21,26H,13-14,16-17H2,1-5H3,(H,34,40)/t18-,21+,26-/m1/s1. The molecule has 1 N–H and O–H groups in total. The quantitative estimate of drug-likeness (QED) is 0.281. The molecule has 1 aliphatic rings. The van der Waals surface area contributed by atoms with Crippen LogP contribution in [0.1, 0.15) is 45.7 Å². The number of likely N-dealkylation sites (tertiary alicyclic amines) is 1. The van der Waals surface area contributed by atoms with Crippen LogP contribution in [0.15, 0.2) is 48.7 Å². The fraction of sp³-hybridized carbons (Fsp3) is 0.467. The Bertz CT molecular complexity index is 1600. The highest BCUT2D eigenvalue weighted by atomic mass is 19.4. The van der Waals surface area contributed by atoms with Gasteiger partial charge in [-0.2, -0.15) is 13.2 Å². The van der Waals surface area contributed by atoms with Gasteiger partial charge in [-0.1, -0.05) is 24.3 Å². The summed E-state index contributed by atoms with van der Waals surface area (Å²) in [5, 5.41) is 12.0. The van der Waals surface area contributed by atoms with Gasteiger partial charge in [-0.05, 0) is 57.9 Å². The second-order valence-corrected chi connectivity index (χ2v) is 11.7. The average molecular weight is 601 g/mol. The van der Waals surface area contributed by atoms with Gasteiger partial charge in [-0.3, -0.25) is 9.30 Å². The first-order valence-corrected chi connectivity index (χ1v) is 14.0. The number of alkyl carbamates (subject to hydrolysis) is 1. The number of nitrogens with one attached hydrogen (secondary N) is 1. The van der Waals surface area contributed by atoms with Crippen LogP contribution in [0.4, 0.5) is 18.0 Å². The highest BCUT2D eigenvalue weighted by Crippen LogP contribution is 2.40. The minimum absolute atomic E-state index is 0.0208. The molecule has 43 heavy (non-hydrogen) atoms. The Hall–Kier alpha value is -3.97. The van der Waals surface area contributed by atoms with E-state index in [1.807, 2.05) is 25.1 Å². The van der Waals surface area contributed by atoms with Crippen molar-refractivity contribution in [2.24, 2.45) is 0 Å². The second kappa shape index (κ2) is 12.0. The van der Waals surface area contributed by atoms with Crippen molar-refractivity contribution in [2.45, 2.75) is 64.1 Å². The van der Waals surface area contributed by atoms with E-state index in [2.05, 4.69) is 15.5 Å². The van der Waals surface area contributed by atoms with Crippen molar-refractivity contribution in [2.75, 3.05) is 26.8 Å². The van der Waals surface area contributed by atoms with Crippen molar-refractivity contribution in [3.8, 4) is 17.3 Å². The van der Waals surface area contributed by atoms with E-state index < -0.39 is 30.0 Å². The summed E-state index contributed by atoms with van der Waals surface area (Å²) in [5.74, 6) is 0.851. The van der Waals surface area contributed by atoms with Gasteiger partial charge in [0.25, 0.3) is 0 Å². The first-order chi connectivity index (χ1) is 20.3. The number of amides is 1. The summed E-state index contributed by atoms with van der Waals surface area (Å²) in [6.45, 7) is 7.63. The summed E-state index contributed by atoms with van der Waals surface area (Å²) in [6.07, 6.45) is -3.67. The van der Waals surface area contributed by atoms with E-state index in [0.717, 1.165) is 5.39 Å². The lowest BCUT2D eigenvalue weighted by Gasteiger charge is -2.30. The van der Waals surface area contributed by atoms with Gasteiger partial charge in [0.05, 0.1) is 6.61 Å². The number of fused-ring (bicyclic) bond motifs is 2. The smallest absolute Gasteiger partial charge is 0.408 e. The zero-order valence-electron chi connectivity index (χ0n) is 24.7. The SMILES string of the molecule is COC[C@@H](C)Oc1cccc2ccc(-c3nnc4ccc([C@@H](N5CC[C@H](NC(=O)OC(C)(C)C)C5)C(F)(F)F)cn34)nc12. The first kappa shape index (κ1) is 30.5. The van der Waals surface area contributed by atoms with Crippen molar-refractivity contribution in [1.82, 2.24) is 29.8 Å². The molecule has 230 valence electrons. The molecule has 1 fully saturated rings. The van der Waals surface area contributed by atoms with Gasteiger partial charge in [0, 0.05) is 37.8 Å². The van der Waals surface area contributed by atoms with Crippen molar-refractivity contribution >= 4 is 22.6 Å². The molecule has 13 heteroatoms. The van der Waals surface area contributed by atoms with E-state index in [4.69, 9.17) is 19.2 Å². The zero-order chi connectivity index (χ0) is 30.9. The number of alkyl halides is 3. The van der Waals surface area contributed by atoms with Crippen molar-refractivity contribution < 1.29 is 32.2 Å². The normalized spacial score (nSPS) is 17.7. The number of benzene rings is 1. The lowest BCUT2D eigenvalue weighted by atomic mass is 10.1. The van der Waals surface area contributed by atoms with E-state index in [1.54, 1.807) is 40.0 Å². The van der Waals surface area contributed by atoms with Gasteiger partial charge in [-0.15, -0.1) is 10.2 Å². The largest absolute Gasteiger partial charge is 0.486 e. The summed E-state index contributed by atoms with van der Waals surface area (Å²) in [7, 11) is 1.59. The summed E-state index contributed by atoms with van der Waals surface area (Å²) in [6, 6.07) is 9.73. The third-order valence-electron chi connectivity index (χ3n) is 7.00. The third-order valence-corrected chi connectivity index (χ3v) is 7.00. The molecule has 5 rings (SSSR count). The molecule has 1 saturated heterocycles. The van der Waals surface area contributed by atoms with Gasteiger partial charge >= 0.3 is 12.3 Å². The minimum Gasteiger partial charge on any atom is -0.486 e. The molecule has 0 aliphatic carbocycles. The maximum Gasteiger partial charge on any atom is 0.408 e. The number of carbonyl (C=O) groups excluding carboxylic acids is 1. The topological polar surface area (TPSA) is 103 Å². The number of pyridine rings is 2. The molecule has 0 bridgehead atoms. The number of hydrogen-bond donors (Lipinski definition) is 1. The monoisotopic (exact) mass is 600 g/mol. The average Bonchev–Trinajstić information content (AvgIpc) is 3.54. The fourth-order valence-corrected chi connectivity index (χ4v) is 5.29. The lowest BCUT2D eigenvalue weighted by Crippen LogP contribution is -2.42. The molecular weight excluding hydrogens is 565 g/mol. The molecule has 0 radical (unpaired) electrons. The number of aromatic nitrogens is 4. The second-order valence-electron chi connectivity index (χ2n) is 11.7. The van der Waals surface area contributed by atoms with Crippen LogP contribution in [0.5, 0.6) is 5.75 Å². The maximum absolute atomic E-state index is 14.6. The van der Waals surface area contributed by atoms with Crippen LogP contribution in [0, 0.1) is 0 Å². The number of rotatable bonds is 8. The molecule has 0 spiro atoms. The highest BCUT2D eigenvalue weighted by molar-refractivity contribution is 5.86. The Morgan fingerprint density at radius 1 is 1.12 bits per heavy atom. The molecule has 10 nitrogen and oxygen atoms in total. The molecule has 4 aromatic rings. The van der Waals surface area contributed by atoms with Gasteiger partial charge in [-0.25, -0.2) is 9.78 Å². The number of hydrogen-bond acceptors (Lipinski definition) is 8. The number of ether oxygens (including phenoxy) is 3. The first-order valence-electron chi connectivity index (χ1n) is 14.0. The fourth-order valence-electron chi connectivity index (χ4n) is 5.29. The molecule has 1 aromatic carbocycles. The van der Waals surface area contributed by atoms with Gasteiger partial charge in [0.2, 0.25) is 0 Å². The van der Waals surface area contributed by atoms with Crippen LogP contribution in [0.2, 0.25) is 0 Å². The summed E-state index contributed by atoms with van der Waals surface area (Å²) in [4.78, 5) is 18.3. The van der Waals surface area contributed by atoms with E-state index in [-0.39, 0.29) is 24.8 Å². The van der Waals surface area contributed by atoms with Crippen LogP contribution in [0.3, 0.4) is 0 Å². The Morgan fingerprint density at radius 3 is 2.63 bits per heavy atom. The van der Waals surface area contributed by atoms with E-state index in [1.165, 1.54) is 27.6 Å². The molecular formula is C30H35F3N6O4. The molecule has 1 aliphatic heterocycles. The highest BCUT2D eigenvalue weighted by Gasteiger charge is 2.47. The Morgan fingerprint density at radius 2 is 1.91 bits per heavy atom. The molecule has 0 unspecified atom stereocenters. The summed E-state index contributed by atoms with van der Waals surface area (Å²) < 4.78 is 61.7. The predicted octanol–water partition coefficient (Wildman–Crippen LogP) is 5.56. The van der Waals surface area contributed by atoms with E-state index in [9.17, 15) is 18.0 Å². The Labute approximate surface area is 247 Å². The van der Waals surface area contributed by atoms with Gasteiger partial charge in [0.15, 0.2) is 11.5 Å².